The van der Waals surface area contributed by atoms with Crippen molar-refractivity contribution >= 4 is 23.3 Å². The maximum Gasteiger partial charge on any atom is 0.490 e. The number of benzene rings is 3. The normalized spacial score (nSPS) is 13.2. The predicted octanol–water partition coefficient (Wildman–Crippen LogP) is 5.78. The second-order valence-electron chi connectivity index (χ2n) is 12.9. The van der Waals surface area contributed by atoms with E-state index < -0.39 is 59.8 Å². The molecule has 3 aromatic carbocycles. The Balaban J connectivity index is 1.49. The van der Waals surface area contributed by atoms with Crippen molar-refractivity contribution in [2.75, 3.05) is 6.54 Å². The number of ether oxygens (including phenoxy) is 2. The highest BCUT2D eigenvalue weighted by Crippen LogP contribution is 2.39. The van der Waals surface area contributed by atoms with Gasteiger partial charge >= 0.3 is 18.1 Å². The summed E-state index contributed by atoms with van der Waals surface area (Å²) in [6, 6.07) is 13.6. The zero-order valence-electron chi connectivity index (χ0n) is 29.8. The standard InChI is InChI=1S/C38H36F5N7O4S/c1-22-14-25(15-23(2)34(22)53-35(51)30(46)4-3-13-44)19-50-21-47-49-32(50)17-37(54-36(52)38(41,42)43,28-10-9-27(39)16-29(28)40)12-11-33-48-31(20-55-33)26-7-5-24(18-45)6-8-26/h5-10,14-16,20-21,30H,3-4,11-13,17,19,44,46H2,1-2H3/p+1. The largest absolute Gasteiger partial charge is 0.490 e. The lowest BCUT2D eigenvalue weighted by Gasteiger charge is -2.33. The molecule has 2 atom stereocenters. The number of aryl methyl sites for hydroxylation is 3. The third kappa shape index (κ3) is 9.95. The molecular formula is C38H37F5N7O4S+. The first-order valence-corrected chi connectivity index (χ1v) is 17.9. The fraction of sp³-hybridized carbons (Fsp3) is 0.316. The first-order chi connectivity index (χ1) is 26.1. The lowest BCUT2D eigenvalue weighted by atomic mass is 9.84. The molecule has 0 saturated heterocycles. The van der Waals surface area contributed by atoms with Crippen molar-refractivity contribution in [1.29, 1.82) is 5.26 Å². The van der Waals surface area contributed by atoms with Gasteiger partial charge in [-0.25, -0.2) is 27.9 Å². The minimum Gasteiger partial charge on any atom is -0.447 e. The van der Waals surface area contributed by atoms with Crippen LogP contribution in [0.15, 0.2) is 66.3 Å². The Hall–Kier alpha value is -5.57. The molecule has 17 heteroatoms. The van der Waals surface area contributed by atoms with E-state index in [1.165, 1.54) is 17.7 Å². The molecule has 55 heavy (non-hydrogen) atoms. The van der Waals surface area contributed by atoms with Crippen molar-refractivity contribution < 1.29 is 45.6 Å². The zero-order valence-corrected chi connectivity index (χ0v) is 30.6. The molecule has 2 heterocycles. The minimum atomic E-state index is -5.45. The highest BCUT2D eigenvalue weighted by atomic mass is 32.1. The quantitative estimate of drug-likeness (QED) is 0.0515. The molecule has 5 aromatic rings. The number of thiazole rings is 1. The Kier molecular flexibility index (Phi) is 12.8. The van der Waals surface area contributed by atoms with Crippen LogP contribution in [0.5, 0.6) is 5.75 Å². The molecule has 0 spiro atoms. The third-order valence-corrected chi connectivity index (χ3v) is 9.74. The number of esters is 2. The number of carbonyl (C=O) groups excluding carboxylic acids is 2. The molecule has 0 aliphatic heterocycles. The summed E-state index contributed by atoms with van der Waals surface area (Å²) >= 11 is 1.19. The van der Waals surface area contributed by atoms with Crippen LogP contribution < -0.4 is 20.8 Å². The molecule has 5 rings (SSSR count). The second kappa shape index (κ2) is 17.3. The van der Waals surface area contributed by atoms with Crippen molar-refractivity contribution in [3.05, 3.63) is 117 Å². The first kappa shape index (κ1) is 40.6. The molecule has 0 amide bonds. The molecule has 0 aliphatic rings. The second-order valence-corrected chi connectivity index (χ2v) is 13.9. The average molecular weight is 783 g/mol. The van der Waals surface area contributed by atoms with Gasteiger partial charge in [-0.3, -0.25) is 0 Å². The highest BCUT2D eigenvalue weighted by molar-refractivity contribution is 7.09. The van der Waals surface area contributed by atoms with Gasteiger partial charge in [-0.2, -0.15) is 18.4 Å². The summed E-state index contributed by atoms with van der Waals surface area (Å²) in [6.45, 7) is 3.93. The lowest BCUT2D eigenvalue weighted by molar-refractivity contribution is -0.696. The van der Waals surface area contributed by atoms with E-state index >= 15 is 4.39 Å². The summed E-state index contributed by atoms with van der Waals surface area (Å²) in [5, 5.41) is 18.1. The van der Waals surface area contributed by atoms with E-state index in [0.717, 1.165) is 12.1 Å². The van der Waals surface area contributed by atoms with Gasteiger partial charge in [0, 0.05) is 34.1 Å². The smallest absolute Gasteiger partial charge is 0.447 e. The maximum absolute atomic E-state index is 15.7. The third-order valence-electron chi connectivity index (χ3n) is 8.83. The van der Waals surface area contributed by atoms with Crippen LogP contribution in [0.25, 0.3) is 11.3 Å². The summed E-state index contributed by atoms with van der Waals surface area (Å²) in [5.41, 5.74) is 12.2. The number of H-pyrrole nitrogens is 1. The first-order valence-electron chi connectivity index (χ1n) is 17.0. The van der Waals surface area contributed by atoms with Crippen LogP contribution in [0.1, 0.15) is 57.9 Å². The summed E-state index contributed by atoms with van der Waals surface area (Å²) in [6.07, 6.45) is -4.20. The number of hydrogen-bond acceptors (Lipinski definition) is 10. The molecule has 11 nitrogen and oxygen atoms in total. The van der Waals surface area contributed by atoms with Gasteiger partial charge in [0.1, 0.15) is 23.4 Å². The number of aromatic amines is 1. The molecule has 0 bridgehead atoms. The number of aromatic nitrogens is 4. The molecule has 0 saturated carbocycles. The molecule has 0 aliphatic carbocycles. The lowest BCUT2D eigenvalue weighted by Crippen LogP contribution is -2.45. The van der Waals surface area contributed by atoms with Gasteiger partial charge in [-0.15, -0.1) is 16.4 Å². The van der Waals surface area contributed by atoms with Gasteiger partial charge in [-0.1, -0.05) is 12.1 Å². The Bertz CT molecular complexity index is 2180. The number of rotatable bonds is 15. The monoisotopic (exact) mass is 782 g/mol. The number of halogens is 5. The van der Waals surface area contributed by atoms with E-state index in [1.807, 2.05) is 6.07 Å². The van der Waals surface area contributed by atoms with Crippen LogP contribution in [-0.2, 0) is 39.3 Å². The molecule has 0 fully saturated rings. The Morgan fingerprint density at radius 3 is 2.42 bits per heavy atom. The SMILES string of the molecule is Cc1cc(C[n+]2cn[nH]c2CC(CCc2nc(-c3ccc(C#N)cc3)cs2)(OC(=O)C(F)(F)F)c2ccc(F)cc2F)cc(C)c1OC(=O)C(N)CCCN. The van der Waals surface area contributed by atoms with Crippen LogP contribution in [0, 0.1) is 36.8 Å². The average Bonchev–Trinajstić information content (AvgIpc) is 3.80. The van der Waals surface area contributed by atoms with Gasteiger partial charge in [-0.05, 0) is 92.7 Å². The van der Waals surface area contributed by atoms with Crippen molar-refractivity contribution in [2.45, 2.75) is 70.3 Å². The van der Waals surface area contributed by atoms with Gasteiger partial charge in [0.25, 0.3) is 6.33 Å². The van der Waals surface area contributed by atoms with Crippen molar-refractivity contribution in [3.63, 3.8) is 0 Å². The van der Waals surface area contributed by atoms with Gasteiger partial charge in [0.2, 0.25) is 5.82 Å². The molecule has 288 valence electrons. The number of nitrogens with one attached hydrogen (secondary N) is 1. The van der Waals surface area contributed by atoms with E-state index in [-0.39, 0.29) is 18.8 Å². The highest BCUT2D eigenvalue weighted by Gasteiger charge is 2.49. The van der Waals surface area contributed by atoms with Gasteiger partial charge in [0.15, 0.2) is 5.60 Å². The Labute approximate surface area is 316 Å². The summed E-state index contributed by atoms with van der Waals surface area (Å²) < 4.78 is 83.9. The Morgan fingerprint density at radius 1 is 1.07 bits per heavy atom. The van der Waals surface area contributed by atoms with Crippen LogP contribution in [-0.4, -0.2) is 45.9 Å². The predicted molar refractivity (Wildman–Crippen MR) is 190 cm³/mol. The van der Waals surface area contributed by atoms with Crippen LogP contribution in [0.2, 0.25) is 0 Å². The summed E-state index contributed by atoms with van der Waals surface area (Å²) in [5.74, 6) is -4.92. The van der Waals surface area contributed by atoms with Crippen LogP contribution in [0.3, 0.4) is 0 Å². The number of hydrogen-bond donors (Lipinski definition) is 3. The minimum absolute atomic E-state index is 0.0779. The van der Waals surface area contributed by atoms with Crippen LogP contribution in [0.4, 0.5) is 22.0 Å². The van der Waals surface area contributed by atoms with Crippen molar-refractivity contribution in [1.82, 2.24) is 15.2 Å². The fourth-order valence-corrected chi connectivity index (χ4v) is 6.92. The maximum atomic E-state index is 15.7. The topological polar surface area (TPSA) is 174 Å². The Morgan fingerprint density at radius 2 is 1.78 bits per heavy atom. The van der Waals surface area contributed by atoms with Crippen LogP contribution >= 0.6 is 11.3 Å². The molecular weight excluding hydrogens is 746 g/mol. The number of nitrogens with zero attached hydrogens (tertiary/aromatic N) is 4. The van der Waals surface area contributed by atoms with Gasteiger partial charge < -0.3 is 20.9 Å². The summed E-state index contributed by atoms with van der Waals surface area (Å²) in [7, 11) is 0. The van der Waals surface area contributed by atoms with E-state index in [2.05, 4.69) is 15.2 Å². The van der Waals surface area contributed by atoms with E-state index in [1.54, 1.807) is 60.2 Å². The molecule has 0 radical (unpaired) electrons. The fourth-order valence-electron chi connectivity index (χ4n) is 6.11. The van der Waals surface area contributed by atoms with E-state index in [0.29, 0.717) is 69.7 Å². The number of carbonyl (C=O) groups is 2. The summed E-state index contributed by atoms with van der Waals surface area (Å²) in [4.78, 5) is 29.8. The number of nitrogens with two attached hydrogens (primary N) is 2. The molecule has 2 unspecified atom stereocenters. The van der Waals surface area contributed by atoms with Crippen molar-refractivity contribution in [3.8, 4) is 23.1 Å². The molecule has 2 aromatic heterocycles. The van der Waals surface area contributed by atoms with E-state index in [9.17, 15) is 27.2 Å². The zero-order chi connectivity index (χ0) is 39.9. The number of nitriles is 1. The van der Waals surface area contributed by atoms with Gasteiger partial charge in [0.05, 0.1) is 35.3 Å². The number of alkyl halides is 3. The molecule has 5 N–H and O–H groups in total. The van der Waals surface area contributed by atoms with E-state index in [4.69, 9.17) is 26.2 Å². The van der Waals surface area contributed by atoms with Crippen molar-refractivity contribution in [2.24, 2.45) is 11.5 Å².